The molecule has 23 heavy (non-hydrogen) atoms. The number of nitrogens with one attached hydrogen (secondary N) is 1. The number of para-hydroxylation sites is 1. The topological polar surface area (TPSA) is 84.5 Å². The largest absolute Gasteiger partial charge is 0.416 e. The fraction of sp³-hybridized carbons (Fsp3) is 0.0714. The Hall–Kier alpha value is -2.55. The Morgan fingerprint density at radius 3 is 2.22 bits per heavy atom. The number of nitrogens with zero attached hydrogens (tertiary/aromatic N) is 1. The molecule has 2 aromatic rings. The molecular formula is C14H12F3N3O2S. The molecule has 0 atom stereocenters. The minimum absolute atomic E-state index is 0.210. The lowest BCUT2D eigenvalue weighted by Gasteiger charge is -2.11. The Morgan fingerprint density at radius 1 is 1.04 bits per heavy atom. The number of hydrogen-bond acceptors (Lipinski definition) is 4. The minimum atomic E-state index is -4.53. The zero-order valence-corrected chi connectivity index (χ0v) is 12.4. The summed E-state index contributed by atoms with van der Waals surface area (Å²) in [5, 5.41) is 3.32. The summed E-state index contributed by atoms with van der Waals surface area (Å²) in [5.74, 6) is 5.05. The Morgan fingerprint density at radius 2 is 1.65 bits per heavy atom. The van der Waals surface area contributed by atoms with Crippen LogP contribution in [0.1, 0.15) is 11.1 Å². The highest BCUT2D eigenvalue weighted by Gasteiger charge is 2.30. The molecule has 0 saturated carbocycles. The summed E-state index contributed by atoms with van der Waals surface area (Å²) in [7, 11) is -4.04. The lowest BCUT2D eigenvalue weighted by Crippen LogP contribution is -2.15. The predicted molar refractivity (Wildman–Crippen MR) is 80.5 cm³/mol. The van der Waals surface area contributed by atoms with Gasteiger partial charge in [0, 0.05) is 5.56 Å². The van der Waals surface area contributed by atoms with Crippen molar-refractivity contribution in [1.82, 2.24) is 0 Å². The van der Waals surface area contributed by atoms with Crippen molar-refractivity contribution in [2.45, 2.75) is 11.1 Å². The van der Waals surface area contributed by atoms with E-state index in [9.17, 15) is 21.6 Å². The number of hydrogen-bond donors (Lipinski definition) is 2. The van der Waals surface area contributed by atoms with Gasteiger partial charge in [-0.3, -0.25) is 4.72 Å². The first-order chi connectivity index (χ1) is 10.7. The smallest absolute Gasteiger partial charge is 0.323 e. The zero-order chi connectivity index (χ0) is 17.1. The van der Waals surface area contributed by atoms with Crippen molar-refractivity contribution in [2.75, 3.05) is 4.72 Å². The first-order valence-corrected chi connectivity index (χ1v) is 7.75. The molecule has 0 unspecified atom stereocenters. The first kappa shape index (κ1) is 16.8. The van der Waals surface area contributed by atoms with Crippen molar-refractivity contribution in [3.63, 3.8) is 0 Å². The lowest BCUT2D eigenvalue weighted by molar-refractivity contribution is -0.137. The van der Waals surface area contributed by atoms with Gasteiger partial charge in [0.25, 0.3) is 10.0 Å². The third-order valence-electron chi connectivity index (χ3n) is 2.91. The van der Waals surface area contributed by atoms with Gasteiger partial charge in [-0.1, -0.05) is 18.2 Å². The number of anilines is 1. The van der Waals surface area contributed by atoms with Gasteiger partial charge in [-0.25, -0.2) is 8.42 Å². The van der Waals surface area contributed by atoms with E-state index in [1.165, 1.54) is 12.3 Å². The number of halogens is 3. The van der Waals surface area contributed by atoms with E-state index in [0.717, 1.165) is 12.1 Å². The summed E-state index contributed by atoms with van der Waals surface area (Å²) >= 11 is 0. The standard InChI is InChI=1S/C14H12F3N3O2S/c15-14(16,17)11-5-7-12(8-6-11)23(21,22)20-13-4-2-1-3-10(13)9-19-18/h1-9,20H,18H2. The van der Waals surface area contributed by atoms with Gasteiger partial charge in [0.1, 0.15) is 0 Å². The van der Waals surface area contributed by atoms with Gasteiger partial charge in [0.05, 0.1) is 22.4 Å². The second kappa shape index (κ2) is 6.29. The summed E-state index contributed by atoms with van der Waals surface area (Å²) < 4.78 is 64.3. The highest BCUT2D eigenvalue weighted by atomic mass is 32.2. The molecule has 3 N–H and O–H groups in total. The molecule has 0 aromatic heterocycles. The van der Waals surface area contributed by atoms with Crippen molar-refractivity contribution >= 4 is 21.9 Å². The minimum Gasteiger partial charge on any atom is -0.323 e. The maximum Gasteiger partial charge on any atom is 0.416 e. The number of alkyl halides is 3. The van der Waals surface area contributed by atoms with Crippen LogP contribution >= 0.6 is 0 Å². The SMILES string of the molecule is NN=Cc1ccccc1NS(=O)(=O)c1ccc(C(F)(F)F)cc1. The van der Waals surface area contributed by atoms with Gasteiger partial charge in [-0.2, -0.15) is 18.3 Å². The number of sulfonamides is 1. The van der Waals surface area contributed by atoms with Crippen molar-refractivity contribution in [2.24, 2.45) is 10.9 Å². The van der Waals surface area contributed by atoms with Crippen LogP contribution in [0.3, 0.4) is 0 Å². The van der Waals surface area contributed by atoms with E-state index in [4.69, 9.17) is 5.84 Å². The van der Waals surface area contributed by atoms with Crippen LogP contribution in [0.2, 0.25) is 0 Å². The van der Waals surface area contributed by atoms with Crippen LogP contribution in [0.5, 0.6) is 0 Å². The highest BCUT2D eigenvalue weighted by Crippen LogP contribution is 2.30. The van der Waals surface area contributed by atoms with Crippen LogP contribution in [0.25, 0.3) is 0 Å². The maximum atomic E-state index is 12.5. The van der Waals surface area contributed by atoms with Crippen molar-refractivity contribution < 1.29 is 21.6 Å². The predicted octanol–water partition coefficient (Wildman–Crippen LogP) is 2.80. The van der Waals surface area contributed by atoms with E-state index in [1.807, 2.05) is 0 Å². The van der Waals surface area contributed by atoms with Gasteiger partial charge in [0.2, 0.25) is 0 Å². The second-order valence-corrected chi connectivity index (χ2v) is 6.18. The van der Waals surface area contributed by atoms with Gasteiger partial charge in [0.15, 0.2) is 0 Å². The van der Waals surface area contributed by atoms with Gasteiger partial charge < -0.3 is 5.84 Å². The Bertz CT molecular complexity index is 816. The molecule has 0 bridgehead atoms. The van der Waals surface area contributed by atoms with Crippen molar-refractivity contribution in [1.29, 1.82) is 0 Å². The Labute approximate surface area is 130 Å². The molecule has 2 aromatic carbocycles. The maximum absolute atomic E-state index is 12.5. The van der Waals surface area contributed by atoms with Crippen LogP contribution in [0, 0.1) is 0 Å². The molecular weight excluding hydrogens is 331 g/mol. The van der Waals surface area contributed by atoms with Crippen LogP contribution in [0.4, 0.5) is 18.9 Å². The molecule has 5 nitrogen and oxygen atoms in total. The van der Waals surface area contributed by atoms with E-state index < -0.39 is 21.8 Å². The molecule has 0 spiro atoms. The normalized spacial score (nSPS) is 12.5. The quantitative estimate of drug-likeness (QED) is 0.509. The van der Waals surface area contributed by atoms with Crippen LogP contribution in [-0.4, -0.2) is 14.6 Å². The van der Waals surface area contributed by atoms with Crippen LogP contribution in [-0.2, 0) is 16.2 Å². The molecule has 9 heteroatoms. The summed E-state index contributed by atoms with van der Waals surface area (Å²) in [6.45, 7) is 0. The average molecular weight is 343 g/mol. The first-order valence-electron chi connectivity index (χ1n) is 6.26. The molecule has 122 valence electrons. The van der Waals surface area contributed by atoms with E-state index in [0.29, 0.717) is 17.7 Å². The van der Waals surface area contributed by atoms with Gasteiger partial charge in [-0.05, 0) is 30.3 Å². The van der Waals surface area contributed by atoms with Crippen molar-refractivity contribution in [3.05, 3.63) is 59.7 Å². The summed E-state index contributed by atoms with van der Waals surface area (Å²) in [4.78, 5) is -0.287. The molecule has 0 amide bonds. The molecule has 0 fully saturated rings. The van der Waals surface area contributed by atoms with Crippen LogP contribution in [0.15, 0.2) is 58.5 Å². The summed E-state index contributed by atoms with van der Waals surface area (Å²) in [5.41, 5.74) is -0.292. The fourth-order valence-corrected chi connectivity index (χ4v) is 2.90. The average Bonchev–Trinajstić information content (AvgIpc) is 2.48. The van der Waals surface area contributed by atoms with E-state index in [2.05, 4.69) is 9.82 Å². The molecule has 2 rings (SSSR count). The van der Waals surface area contributed by atoms with E-state index >= 15 is 0 Å². The van der Waals surface area contributed by atoms with Crippen molar-refractivity contribution in [3.8, 4) is 0 Å². The molecule has 0 radical (unpaired) electrons. The van der Waals surface area contributed by atoms with Gasteiger partial charge in [-0.15, -0.1) is 0 Å². The zero-order valence-electron chi connectivity index (χ0n) is 11.6. The third-order valence-corrected chi connectivity index (χ3v) is 4.29. The molecule has 0 aliphatic heterocycles. The molecule has 0 saturated heterocycles. The Kier molecular flexibility index (Phi) is 4.60. The summed E-state index contributed by atoms with van der Waals surface area (Å²) in [6, 6.07) is 9.53. The summed E-state index contributed by atoms with van der Waals surface area (Å²) in [6.07, 6.45) is -3.27. The van der Waals surface area contributed by atoms with E-state index in [-0.39, 0.29) is 10.6 Å². The molecule has 0 heterocycles. The van der Waals surface area contributed by atoms with E-state index in [1.54, 1.807) is 18.2 Å². The van der Waals surface area contributed by atoms with Crippen LogP contribution < -0.4 is 10.6 Å². The monoisotopic (exact) mass is 343 g/mol. The molecule has 0 aliphatic rings. The number of nitrogens with two attached hydrogens (primary N) is 1. The number of rotatable bonds is 4. The number of benzene rings is 2. The Balaban J connectivity index is 2.33. The fourth-order valence-electron chi connectivity index (χ4n) is 1.81. The third kappa shape index (κ3) is 4.01. The lowest BCUT2D eigenvalue weighted by atomic mass is 10.2. The van der Waals surface area contributed by atoms with Gasteiger partial charge >= 0.3 is 6.18 Å². The molecule has 0 aliphatic carbocycles. The second-order valence-electron chi connectivity index (χ2n) is 4.49. The number of hydrazone groups is 1. The highest BCUT2D eigenvalue weighted by molar-refractivity contribution is 7.92.